The van der Waals surface area contributed by atoms with Crippen LogP contribution in [0.3, 0.4) is 0 Å². The molecule has 102 valence electrons. The zero-order chi connectivity index (χ0) is 14.0. The summed E-state index contributed by atoms with van der Waals surface area (Å²) in [6.45, 7) is 2.04. The van der Waals surface area contributed by atoms with E-state index in [-0.39, 0.29) is 10.7 Å². The second-order valence-electron chi connectivity index (χ2n) is 4.21. The molecular formula is C12H16N4O2S. The average molecular weight is 280 g/mol. The quantitative estimate of drug-likeness (QED) is 0.885. The number of hydrogen-bond acceptors (Lipinski definition) is 4. The maximum atomic E-state index is 12.1. The molecule has 0 radical (unpaired) electrons. The van der Waals surface area contributed by atoms with Crippen LogP contribution in [-0.2, 0) is 23.5 Å². The van der Waals surface area contributed by atoms with E-state index in [1.165, 1.54) is 10.9 Å². The first kappa shape index (κ1) is 13.4. The molecule has 0 amide bonds. The van der Waals surface area contributed by atoms with Gasteiger partial charge >= 0.3 is 0 Å². The first-order chi connectivity index (χ1) is 8.92. The Morgan fingerprint density at radius 3 is 2.42 bits per heavy atom. The summed E-state index contributed by atoms with van der Waals surface area (Å²) in [6.07, 6.45) is 2.28. The molecule has 1 aromatic carbocycles. The van der Waals surface area contributed by atoms with E-state index in [0.717, 1.165) is 12.0 Å². The highest BCUT2D eigenvalue weighted by Gasteiger charge is 2.20. The third-order valence-electron chi connectivity index (χ3n) is 2.73. The van der Waals surface area contributed by atoms with Crippen LogP contribution >= 0.6 is 0 Å². The summed E-state index contributed by atoms with van der Waals surface area (Å²) in [5.41, 5.74) is 7.22. The van der Waals surface area contributed by atoms with Crippen molar-refractivity contribution < 1.29 is 8.42 Å². The number of nitrogens with one attached hydrogen (secondary N) is 1. The largest absolute Gasteiger partial charge is 0.381 e. The van der Waals surface area contributed by atoms with E-state index < -0.39 is 10.0 Å². The number of anilines is 2. The molecule has 0 fully saturated rings. The molecule has 3 N–H and O–H groups in total. The van der Waals surface area contributed by atoms with Gasteiger partial charge in [0, 0.05) is 18.9 Å². The SMILES string of the molecule is CCc1ccc(NS(=O)(=O)c2cn(C)nc2N)cc1. The minimum Gasteiger partial charge on any atom is -0.381 e. The Kier molecular flexibility index (Phi) is 3.48. The predicted molar refractivity (Wildman–Crippen MR) is 74.2 cm³/mol. The molecule has 0 spiro atoms. The molecule has 7 heteroatoms. The molecular weight excluding hydrogens is 264 g/mol. The van der Waals surface area contributed by atoms with Gasteiger partial charge in [0.1, 0.15) is 4.90 Å². The number of nitrogen functional groups attached to an aromatic ring is 1. The number of aryl methyl sites for hydroxylation is 2. The summed E-state index contributed by atoms with van der Waals surface area (Å²) in [7, 11) is -2.08. The van der Waals surface area contributed by atoms with Crippen LogP contribution in [-0.4, -0.2) is 18.2 Å². The van der Waals surface area contributed by atoms with E-state index in [9.17, 15) is 8.42 Å². The smallest absolute Gasteiger partial charge is 0.267 e. The molecule has 0 aliphatic rings. The number of nitrogens with two attached hydrogens (primary N) is 1. The van der Waals surface area contributed by atoms with Gasteiger partial charge in [-0.1, -0.05) is 19.1 Å². The fraction of sp³-hybridized carbons (Fsp3) is 0.250. The zero-order valence-electron chi connectivity index (χ0n) is 10.8. The van der Waals surface area contributed by atoms with Crippen molar-refractivity contribution in [2.75, 3.05) is 10.5 Å². The van der Waals surface area contributed by atoms with Crippen molar-refractivity contribution in [2.24, 2.45) is 7.05 Å². The summed E-state index contributed by atoms with van der Waals surface area (Å²) in [4.78, 5) is -0.0189. The summed E-state index contributed by atoms with van der Waals surface area (Å²) in [5.74, 6) is -0.0137. The molecule has 0 aliphatic carbocycles. The summed E-state index contributed by atoms with van der Waals surface area (Å²) in [6, 6.07) is 7.21. The van der Waals surface area contributed by atoms with Gasteiger partial charge in [0.25, 0.3) is 10.0 Å². The molecule has 0 bridgehead atoms. The van der Waals surface area contributed by atoms with Crippen LogP contribution in [0.2, 0.25) is 0 Å². The fourth-order valence-corrected chi connectivity index (χ4v) is 2.87. The van der Waals surface area contributed by atoms with Crippen LogP contribution < -0.4 is 10.5 Å². The maximum absolute atomic E-state index is 12.1. The molecule has 0 saturated carbocycles. The maximum Gasteiger partial charge on any atom is 0.267 e. The lowest BCUT2D eigenvalue weighted by Crippen LogP contribution is -2.13. The Hall–Kier alpha value is -2.02. The summed E-state index contributed by atoms with van der Waals surface area (Å²) >= 11 is 0. The molecule has 6 nitrogen and oxygen atoms in total. The van der Waals surface area contributed by atoms with Crippen molar-refractivity contribution in [3.63, 3.8) is 0 Å². The molecule has 1 aromatic heterocycles. The molecule has 0 atom stereocenters. The number of rotatable bonds is 4. The van der Waals surface area contributed by atoms with Crippen molar-refractivity contribution in [1.29, 1.82) is 0 Å². The number of aromatic nitrogens is 2. The zero-order valence-corrected chi connectivity index (χ0v) is 11.6. The second kappa shape index (κ2) is 4.93. The molecule has 0 aliphatic heterocycles. The van der Waals surface area contributed by atoms with Crippen LogP contribution in [0.5, 0.6) is 0 Å². The lowest BCUT2D eigenvalue weighted by atomic mass is 10.2. The van der Waals surface area contributed by atoms with Crippen molar-refractivity contribution in [1.82, 2.24) is 9.78 Å². The van der Waals surface area contributed by atoms with Gasteiger partial charge in [-0.2, -0.15) is 5.10 Å². The van der Waals surface area contributed by atoms with Gasteiger partial charge in [-0.3, -0.25) is 9.40 Å². The van der Waals surface area contributed by atoms with Crippen LogP contribution in [0, 0.1) is 0 Å². The van der Waals surface area contributed by atoms with E-state index in [1.807, 2.05) is 19.1 Å². The van der Waals surface area contributed by atoms with E-state index in [2.05, 4.69) is 9.82 Å². The number of sulfonamides is 1. The van der Waals surface area contributed by atoms with Gasteiger partial charge in [0.2, 0.25) is 0 Å². The fourth-order valence-electron chi connectivity index (χ4n) is 1.71. The highest BCUT2D eigenvalue weighted by molar-refractivity contribution is 7.92. The Labute approximate surface area is 112 Å². The number of benzene rings is 1. The van der Waals surface area contributed by atoms with Crippen molar-refractivity contribution >= 4 is 21.5 Å². The third-order valence-corrected chi connectivity index (χ3v) is 4.12. The minimum absolute atomic E-state index is 0.0137. The van der Waals surface area contributed by atoms with Gasteiger partial charge in [-0.05, 0) is 24.1 Å². The van der Waals surface area contributed by atoms with Crippen LogP contribution in [0.25, 0.3) is 0 Å². The third kappa shape index (κ3) is 2.87. The lowest BCUT2D eigenvalue weighted by Gasteiger charge is -2.07. The van der Waals surface area contributed by atoms with E-state index in [0.29, 0.717) is 5.69 Å². The number of nitrogens with zero attached hydrogens (tertiary/aromatic N) is 2. The monoisotopic (exact) mass is 280 g/mol. The predicted octanol–water partition coefficient (Wildman–Crippen LogP) is 1.37. The van der Waals surface area contributed by atoms with Crippen molar-refractivity contribution in [3.8, 4) is 0 Å². The molecule has 0 unspecified atom stereocenters. The van der Waals surface area contributed by atoms with Crippen LogP contribution in [0.1, 0.15) is 12.5 Å². The first-order valence-corrected chi connectivity index (χ1v) is 7.31. The Morgan fingerprint density at radius 1 is 1.32 bits per heavy atom. The van der Waals surface area contributed by atoms with Gasteiger partial charge in [0.05, 0.1) is 0 Å². The van der Waals surface area contributed by atoms with Gasteiger partial charge in [-0.25, -0.2) is 8.42 Å². The van der Waals surface area contributed by atoms with E-state index >= 15 is 0 Å². The Morgan fingerprint density at radius 2 is 1.95 bits per heavy atom. The highest BCUT2D eigenvalue weighted by Crippen LogP contribution is 2.20. The second-order valence-corrected chi connectivity index (χ2v) is 5.86. The van der Waals surface area contributed by atoms with Crippen LogP contribution in [0.15, 0.2) is 35.4 Å². The normalized spacial score (nSPS) is 11.5. The average Bonchev–Trinajstić information content (AvgIpc) is 2.70. The summed E-state index contributed by atoms with van der Waals surface area (Å²) in [5, 5.41) is 3.82. The standard InChI is InChI=1S/C12H16N4O2S/c1-3-9-4-6-10(7-5-9)15-19(17,18)11-8-16(2)14-12(11)13/h4-8,15H,3H2,1-2H3,(H2,13,14). The molecule has 19 heavy (non-hydrogen) atoms. The van der Waals surface area contributed by atoms with Crippen molar-refractivity contribution in [2.45, 2.75) is 18.2 Å². The number of hydrogen-bond donors (Lipinski definition) is 2. The van der Waals surface area contributed by atoms with Gasteiger partial charge in [-0.15, -0.1) is 0 Å². The molecule has 1 heterocycles. The van der Waals surface area contributed by atoms with Crippen molar-refractivity contribution in [3.05, 3.63) is 36.0 Å². The van der Waals surface area contributed by atoms with E-state index in [4.69, 9.17) is 5.73 Å². The highest BCUT2D eigenvalue weighted by atomic mass is 32.2. The van der Waals surface area contributed by atoms with Gasteiger partial charge < -0.3 is 5.73 Å². The lowest BCUT2D eigenvalue weighted by molar-refractivity contribution is 0.601. The van der Waals surface area contributed by atoms with Gasteiger partial charge in [0.15, 0.2) is 5.82 Å². The Balaban J connectivity index is 2.28. The molecule has 2 aromatic rings. The van der Waals surface area contributed by atoms with E-state index in [1.54, 1.807) is 19.2 Å². The molecule has 2 rings (SSSR count). The minimum atomic E-state index is -3.70. The topological polar surface area (TPSA) is 90.0 Å². The van der Waals surface area contributed by atoms with Crippen LogP contribution in [0.4, 0.5) is 11.5 Å². The first-order valence-electron chi connectivity index (χ1n) is 5.83. The molecule has 0 saturated heterocycles. The Bertz CT molecular complexity index is 674. The summed E-state index contributed by atoms with van der Waals surface area (Å²) < 4.78 is 28.1.